The van der Waals surface area contributed by atoms with Crippen LogP contribution in [0.2, 0.25) is 0 Å². The molecule has 1 spiro atoms. The third-order valence-electron chi connectivity index (χ3n) is 20.1. The topological polar surface area (TPSA) is 6.48 Å². The summed E-state index contributed by atoms with van der Waals surface area (Å²) >= 11 is 3.94. The summed E-state index contributed by atoms with van der Waals surface area (Å²) in [5.74, 6) is 0. The first-order valence-corrected chi connectivity index (χ1v) is 31.6. The molecule has 0 N–H and O–H groups in total. The molecule has 0 radical (unpaired) electrons. The van der Waals surface area contributed by atoms with Gasteiger partial charge >= 0.3 is 0 Å². The Balaban J connectivity index is 0.955. The number of anilines is 6. The normalized spacial score (nSPS) is 15.9. The van der Waals surface area contributed by atoms with Crippen LogP contribution in [0.15, 0.2) is 287 Å². The summed E-state index contributed by atoms with van der Waals surface area (Å²) in [6.07, 6.45) is 0. The summed E-state index contributed by atoms with van der Waals surface area (Å²) < 4.78 is 0. The van der Waals surface area contributed by atoms with Crippen molar-refractivity contribution >= 4 is 104 Å². The molecule has 6 heteroatoms. The van der Waals surface area contributed by atoms with Crippen LogP contribution in [0, 0.1) is 0 Å². The van der Waals surface area contributed by atoms with Gasteiger partial charge in [0.15, 0.2) is 0 Å². The average Bonchev–Trinajstić information content (AvgIpc) is 1.55. The lowest BCUT2D eigenvalue weighted by Gasteiger charge is -2.42. The predicted molar refractivity (Wildman–Crippen MR) is 360 cm³/mol. The van der Waals surface area contributed by atoms with E-state index in [1.807, 2.05) is 23.5 Å². The third-order valence-corrected chi connectivity index (χ3v) is 22.6. The zero-order valence-electron chi connectivity index (χ0n) is 47.8. The van der Waals surface area contributed by atoms with Crippen LogP contribution in [0.4, 0.5) is 34.1 Å². The Hall–Kier alpha value is -8.93. The average molecular weight is 1120 g/mol. The van der Waals surface area contributed by atoms with Crippen LogP contribution in [0.3, 0.4) is 0 Å². The van der Waals surface area contributed by atoms with Gasteiger partial charge in [-0.1, -0.05) is 290 Å². The van der Waals surface area contributed by atoms with Crippen molar-refractivity contribution in [2.24, 2.45) is 0 Å². The second kappa shape index (κ2) is 18.0. The fourth-order valence-corrected chi connectivity index (χ4v) is 19.0. The fourth-order valence-electron chi connectivity index (χ4n) is 16.4. The molecule has 2 nitrogen and oxygen atoms in total. The summed E-state index contributed by atoms with van der Waals surface area (Å²) in [6, 6.07) is 102. The standard InChI is InChI=1S/C79H56B2N2S2/c1-77(2)57-27-11-17-33-67(57)82(68-34-18-12-28-58(68)77)51-39-41-55-53(47-51)73-61(43-45-65-75(73)84-71-37-21-15-31-63(71)80(65)49-23-7-5-8-24-49)79(55)56-42-40-52(83-69-35-19-13-29-59(69)78(3,4)60-30-14-20-36-70(60)83)48-54(56)74-62(79)44-46-66-76(74)85-72-38-22-16-32-64(72)81(66)50-25-9-6-10-26-50/h5-48H,1-4H3. The second-order valence-corrected chi connectivity index (χ2v) is 27.1. The Kier molecular flexibility index (Phi) is 10.5. The van der Waals surface area contributed by atoms with Crippen molar-refractivity contribution in [1.29, 1.82) is 0 Å². The minimum Gasteiger partial charge on any atom is -0.310 e. The highest BCUT2D eigenvalue weighted by Gasteiger charge is 2.55. The Labute approximate surface area is 507 Å². The largest absolute Gasteiger partial charge is 0.310 e. The molecule has 12 aromatic carbocycles. The molecule has 400 valence electrons. The molecular formula is C79H56B2N2S2. The summed E-state index contributed by atoms with van der Waals surface area (Å²) in [6.45, 7) is 9.67. The first-order chi connectivity index (χ1) is 41.7. The molecule has 4 heterocycles. The molecule has 0 saturated heterocycles. The van der Waals surface area contributed by atoms with Crippen LogP contribution < -0.4 is 42.6 Å². The zero-order valence-corrected chi connectivity index (χ0v) is 49.4. The molecule has 0 aromatic heterocycles. The summed E-state index contributed by atoms with van der Waals surface area (Å²) in [4.78, 5) is 10.4. The highest BCUT2D eigenvalue weighted by molar-refractivity contribution is 8.00. The molecule has 4 aliphatic heterocycles. The highest BCUT2D eigenvalue weighted by Crippen LogP contribution is 2.67. The Bertz CT molecular complexity index is 4430. The van der Waals surface area contributed by atoms with Crippen molar-refractivity contribution in [1.82, 2.24) is 0 Å². The van der Waals surface area contributed by atoms with Gasteiger partial charge in [0.25, 0.3) is 0 Å². The lowest BCUT2D eigenvalue weighted by molar-refractivity contribution is 0.632. The molecule has 12 aromatic rings. The van der Waals surface area contributed by atoms with Crippen LogP contribution in [0.25, 0.3) is 22.3 Å². The molecule has 0 bridgehead atoms. The number of nitrogens with zero attached hydrogens (tertiary/aromatic N) is 2. The van der Waals surface area contributed by atoms with E-state index in [2.05, 4.69) is 304 Å². The van der Waals surface area contributed by atoms with E-state index in [1.165, 1.54) is 142 Å². The third kappa shape index (κ3) is 6.67. The molecule has 0 unspecified atom stereocenters. The van der Waals surface area contributed by atoms with Gasteiger partial charge in [-0.05, 0) is 116 Å². The van der Waals surface area contributed by atoms with Crippen molar-refractivity contribution in [2.75, 3.05) is 9.80 Å². The van der Waals surface area contributed by atoms with E-state index in [1.54, 1.807) is 0 Å². The van der Waals surface area contributed by atoms with Crippen molar-refractivity contribution in [3.05, 3.63) is 311 Å². The maximum absolute atomic E-state index is 2.58. The first kappa shape index (κ1) is 49.5. The molecule has 0 fully saturated rings. The van der Waals surface area contributed by atoms with Crippen molar-refractivity contribution in [3.63, 3.8) is 0 Å². The van der Waals surface area contributed by atoms with Crippen LogP contribution in [-0.2, 0) is 16.2 Å². The van der Waals surface area contributed by atoms with Crippen LogP contribution >= 0.6 is 23.5 Å². The van der Waals surface area contributed by atoms with Crippen LogP contribution in [-0.4, -0.2) is 13.4 Å². The molecule has 85 heavy (non-hydrogen) atoms. The Morgan fingerprint density at radius 2 is 0.624 bits per heavy atom. The van der Waals surface area contributed by atoms with Gasteiger partial charge in [0.1, 0.15) is 0 Å². The molecule has 2 aliphatic carbocycles. The molecule has 18 rings (SSSR count). The van der Waals surface area contributed by atoms with Gasteiger partial charge in [0, 0.05) is 52.9 Å². The van der Waals surface area contributed by atoms with Crippen molar-refractivity contribution in [2.45, 2.75) is 63.5 Å². The monoisotopic (exact) mass is 1120 g/mol. The molecular weight excluding hydrogens is 1060 g/mol. The second-order valence-electron chi connectivity index (χ2n) is 25.0. The summed E-state index contributed by atoms with van der Waals surface area (Å²) in [7, 11) is 0. The number of para-hydroxylation sites is 4. The van der Waals surface area contributed by atoms with E-state index in [4.69, 9.17) is 0 Å². The van der Waals surface area contributed by atoms with E-state index in [0.717, 1.165) is 11.4 Å². The van der Waals surface area contributed by atoms with E-state index < -0.39 is 5.41 Å². The molecule has 6 aliphatic rings. The molecule has 0 amide bonds. The number of hydrogen-bond acceptors (Lipinski definition) is 4. The SMILES string of the molecule is CC1(C)c2ccccc2N(c2ccc3c(c2)-c2c(ccc4c2Sc2ccccc2B4c2ccccc2)C32c3ccc(N4c5ccccc5C(C)(C)c5ccccc54)cc3-c3c2ccc2c3Sc3ccccc3B2c2ccccc2)c2ccccc21. The van der Waals surface area contributed by atoms with Crippen LogP contribution in [0.1, 0.15) is 72.2 Å². The highest BCUT2D eigenvalue weighted by atomic mass is 32.2. The van der Waals surface area contributed by atoms with Gasteiger partial charge < -0.3 is 9.80 Å². The van der Waals surface area contributed by atoms with Gasteiger partial charge in [0.2, 0.25) is 13.4 Å². The number of hydrogen-bond donors (Lipinski definition) is 0. The van der Waals surface area contributed by atoms with Gasteiger partial charge in [-0.3, -0.25) is 0 Å². The van der Waals surface area contributed by atoms with Crippen molar-refractivity contribution in [3.8, 4) is 22.3 Å². The van der Waals surface area contributed by atoms with E-state index in [-0.39, 0.29) is 24.3 Å². The lowest BCUT2D eigenvalue weighted by atomic mass is 9.36. The zero-order chi connectivity index (χ0) is 56.5. The number of rotatable bonds is 4. The van der Waals surface area contributed by atoms with E-state index >= 15 is 0 Å². The maximum atomic E-state index is 2.58. The Morgan fingerprint density at radius 3 is 1.01 bits per heavy atom. The smallest absolute Gasteiger partial charge is 0.244 e. The lowest BCUT2D eigenvalue weighted by Crippen LogP contribution is -2.55. The minimum atomic E-state index is -0.671. The number of fused-ring (bicyclic) bond motifs is 20. The van der Waals surface area contributed by atoms with E-state index in [0.29, 0.717) is 0 Å². The maximum Gasteiger partial charge on any atom is 0.244 e. The quantitative estimate of drug-likeness (QED) is 0.162. The van der Waals surface area contributed by atoms with Gasteiger partial charge in [0.05, 0.1) is 28.2 Å². The first-order valence-electron chi connectivity index (χ1n) is 30.0. The van der Waals surface area contributed by atoms with Gasteiger partial charge in [-0.25, -0.2) is 0 Å². The van der Waals surface area contributed by atoms with Crippen molar-refractivity contribution < 1.29 is 0 Å². The molecule has 0 saturated carbocycles. The summed E-state index contributed by atoms with van der Waals surface area (Å²) in [5, 5.41) is 0. The Morgan fingerprint density at radius 1 is 0.294 bits per heavy atom. The predicted octanol–water partition coefficient (Wildman–Crippen LogP) is 16.2. The summed E-state index contributed by atoms with van der Waals surface area (Å²) in [5.41, 5.74) is 30.2. The fraction of sp³-hybridized carbons (Fsp3) is 0.0886. The van der Waals surface area contributed by atoms with Crippen LogP contribution in [0.5, 0.6) is 0 Å². The van der Waals surface area contributed by atoms with Gasteiger partial charge in [-0.15, -0.1) is 0 Å². The molecule has 0 atom stereocenters. The van der Waals surface area contributed by atoms with E-state index in [9.17, 15) is 0 Å². The van der Waals surface area contributed by atoms with Gasteiger partial charge in [-0.2, -0.15) is 0 Å². The minimum absolute atomic E-state index is 0.0644. The number of benzene rings is 12.